The number of halogens is 1. The molecule has 16 heavy (non-hydrogen) atoms. The number of aliphatic hydroxyl groups excluding tert-OH is 1. The summed E-state index contributed by atoms with van der Waals surface area (Å²) in [5, 5.41) is 12.1. The number of nitrogens with one attached hydrogen (secondary N) is 1. The quantitative estimate of drug-likeness (QED) is 0.609. The van der Waals surface area contributed by atoms with E-state index in [1.807, 2.05) is 0 Å². The minimum atomic E-state index is -0.327. The Balaban J connectivity index is 2.35. The van der Waals surface area contributed by atoms with Crippen molar-refractivity contribution in [3.05, 3.63) is 29.0 Å². The van der Waals surface area contributed by atoms with Gasteiger partial charge in [-0.1, -0.05) is 11.6 Å². The Morgan fingerprint density at radius 1 is 1.69 bits per heavy atom. The van der Waals surface area contributed by atoms with Gasteiger partial charge in [0.05, 0.1) is 6.10 Å². The van der Waals surface area contributed by atoms with Gasteiger partial charge in [0.15, 0.2) is 0 Å². The Kier molecular flexibility index (Phi) is 5.22. The summed E-state index contributed by atoms with van der Waals surface area (Å²) in [7, 11) is 0. The van der Waals surface area contributed by atoms with Crippen LogP contribution in [0.2, 0.25) is 5.15 Å². The minimum absolute atomic E-state index is 0.171. The fraction of sp³-hybridized carbons (Fsp3) is 0.455. The second-order valence-corrected chi connectivity index (χ2v) is 4.00. The van der Waals surface area contributed by atoms with E-state index in [2.05, 4.69) is 10.3 Å². The summed E-state index contributed by atoms with van der Waals surface area (Å²) in [5.74, 6) is -0.171. The lowest BCUT2D eigenvalue weighted by atomic mass is 10.2. The standard InChI is InChI=1S/C11H15ClN2O2/c1-8(15)3-2-5-14-11(16)9-4-6-13-10(12)7-9/h4,6-8,15H,2-3,5H2,1H3,(H,14,16). The summed E-state index contributed by atoms with van der Waals surface area (Å²) in [4.78, 5) is 15.4. The summed E-state index contributed by atoms with van der Waals surface area (Å²) in [5.41, 5.74) is 0.497. The van der Waals surface area contributed by atoms with Gasteiger partial charge in [-0.2, -0.15) is 0 Å². The molecule has 0 aromatic carbocycles. The molecule has 0 spiro atoms. The maximum atomic E-state index is 11.6. The number of amides is 1. The minimum Gasteiger partial charge on any atom is -0.393 e. The van der Waals surface area contributed by atoms with Crippen molar-refractivity contribution in [1.29, 1.82) is 0 Å². The Morgan fingerprint density at radius 2 is 2.44 bits per heavy atom. The van der Waals surface area contributed by atoms with Crippen molar-refractivity contribution in [2.24, 2.45) is 0 Å². The van der Waals surface area contributed by atoms with Gasteiger partial charge in [-0.05, 0) is 31.9 Å². The highest BCUT2D eigenvalue weighted by molar-refractivity contribution is 6.29. The molecule has 1 amide bonds. The van der Waals surface area contributed by atoms with Crippen LogP contribution in [0.15, 0.2) is 18.3 Å². The van der Waals surface area contributed by atoms with Gasteiger partial charge in [-0.25, -0.2) is 4.98 Å². The first kappa shape index (κ1) is 12.9. The zero-order valence-electron chi connectivity index (χ0n) is 9.11. The zero-order chi connectivity index (χ0) is 12.0. The summed E-state index contributed by atoms with van der Waals surface area (Å²) in [6, 6.07) is 3.13. The number of carbonyl (C=O) groups is 1. The molecule has 1 aromatic rings. The number of aromatic nitrogens is 1. The van der Waals surface area contributed by atoms with Crippen molar-refractivity contribution < 1.29 is 9.90 Å². The Morgan fingerprint density at radius 3 is 3.06 bits per heavy atom. The van der Waals surface area contributed by atoms with Crippen molar-refractivity contribution in [2.75, 3.05) is 6.54 Å². The van der Waals surface area contributed by atoms with Gasteiger partial charge in [0, 0.05) is 18.3 Å². The number of hydrogen-bond donors (Lipinski definition) is 2. The molecule has 0 saturated heterocycles. The molecule has 0 bridgehead atoms. The van der Waals surface area contributed by atoms with Gasteiger partial charge >= 0.3 is 0 Å². The molecule has 0 aliphatic heterocycles. The lowest BCUT2D eigenvalue weighted by Gasteiger charge is -2.06. The van der Waals surface area contributed by atoms with Crippen molar-refractivity contribution >= 4 is 17.5 Å². The second-order valence-electron chi connectivity index (χ2n) is 3.61. The summed E-state index contributed by atoms with van der Waals surface area (Å²) >= 11 is 5.67. The summed E-state index contributed by atoms with van der Waals surface area (Å²) in [6.07, 6.45) is 2.60. The van der Waals surface area contributed by atoms with Gasteiger partial charge in [-0.15, -0.1) is 0 Å². The van der Waals surface area contributed by atoms with Crippen LogP contribution in [0.25, 0.3) is 0 Å². The molecule has 1 heterocycles. The number of nitrogens with zero attached hydrogens (tertiary/aromatic N) is 1. The topological polar surface area (TPSA) is 62.2 Å². The third-order valence-electron chi connectivity index (χ3n) is 2.07. The zero-order valence-corrected chi connectivity index (χ0v) is 9.87. The molecule has 0 saturated carbocycles. The maximum absolute atomic E-state index is 11.6. The molecule has 88 valence electrons. The third kappa shape index (κ3) is 4.59. The van der Waals surface area contributed by atoms with E-state index >= 15 is 0 Å². The molecule has 1 rings (SSSR count). The lowest BCUT2D eigenvalue weighted by molar-refractivity contribution is 0.0949. The molecule has 4 nitrogen and oxygen atoms in total. The van der Waals surface area contributed by atoms with Crippen molar-refractivity contribution in [1.82, 2.24) is 10.3 Å². The smallest absolute Gasteiger partial charge is 0.251 e. The average Bonchev–Trinajstić information content (AvgIpc) is 2.24. The molecular formula is C11H15ClN2O2. The molecule has 0 aliphatic carbocycles. The first-order valence-corrected chi connectivity index (χ1v) is 5.55. The van der Waals surface area contributed by atoms with Gasteiger partial charge in [-0.3, -0.25) is 4.79 Å². The fourth-order valence-electron chi connectivity index (χ4n) is 1.25. The number of hydrogen-bond acceptors (Lipinski definition) is 3. The highest BCUT2D eigenvalue weighted by Gasteiger charge is 2.05. The van der Waals surface area contributed by atoms with Crippen molar-refractivity contribution in [3.8, 4) is 0 Å². The summed E-state index contributed by atoms with van der Waals surface area (Å²) in [6.45, 7) is 2.27. The van der Waals surface area contributed by atoms with Crippen LogP contribution in [0.4, 0.5) is 0 Å². The summed E-state index contributed by atoms with van der Waals surface area (Å²) < 4.78 is 0. The molecule has 0 aliphatic rings. The third-order valence-corrected chi connectivity index (χ3v) is 2.28. The first-order chi connectivity index (χ1) is 7.59. The van der Waals surface area contributed by atoms with E-state index < -0.39 is 0 Å². The molecule has 0 radical (unpaired) electrons. The van der Waals surface area contributed by atoms with E-state index in [0.29, 0.717) is 23.7 Å². The van der Waals surface area contributed by atoms with Crippen LogP contribution in [-0.4, -0.2) is 28.6 Å². The maximum Gasteiger partial charge on any atom is 0.251 e. The van der Waals surface area contributed by atoms with Crippen LogP contribution in [0, 0.1) is 0 Å². The van der Waals surface area contributed by atoms with Crippen LogP contribution < -0.4 is 5.32 Å². The fourth-order valence-corrected chi connectivity index (χ4v) is 1.42. The van der Waals surface area contributed by atoms with Crippen LogP contribution >= 0.6 is 11.6 Å². The van der Waals surface area contributed by atoms with E-state index in [1.165, 1.54) is 12.3 Å². The van der Waals surface area contributed by atoms with E-state index in [4.69, 9.17) is 16.7 Å². The largest absolute Gasteiger partial charge is 0.393 e. The molecule has 2 N–H and O–H groups in total. The molecule has 0 fully saturated rings. The highest BCUT2D eigenvalue weighted by Crippen LogP contribution is 2.06. The van der Waals surface area contributed by atoms with E-state index in [1.54, 1.807) is 13.0 Å². The number of pyridine rings is 1. The van der Waals surface area contributed by atoms with Gasteiger partial charge in [0.25, 0.3) is 5.91 Å². The molecular weight excluding hydrogens is 228 g/mol. The van der Waals surface area contributed by atoms with Crippen LogP contribution in [0.1, 0.15) is 30.1 Å². The molecule has 1 unspecified atom stereocenters. The Hall–Kier alpha value is -1.13. The van der Waals surface area contributed by atoms with Gasteiger partial charge in [0.1, 0.15) is 5.15 Å². The molecule has 5 heteroatoms. The van der Waals surface area contributed by atoms with Gasteiger partial charge in [0.2, 0.25) is 0 Å². The SMILES string of the molecule is CC(O)CCCNC(=O)c1ccnc(Cl)c1. The van der Waals surface area contributed by atoms with Gasteiger partial charge < -0.3 is 10.4 Å². The second kappa shape index (κ2) is 6.45. The number of rotatable bonds is 5. The lowest BCUT2D eigenvalue weighted by Crippen LogP contribution is -2.25. The van der Waals surface area contributed by atoms with E-state index in [0.717, 1.165) is 6.42 Å². The van der Waals surface area contributed by atoms with Crippen LogP contribution in [-0.2, 0) is 0 Å². The first-order valence-electron chi connectivity index (χ1n) is 5.17. The Bertz CT molecular complexity index is 356. The average molecular weight is 243 g/mol. The predicted octanol–water partition coefficient (Wildman–Crippen LogP) is 1.63. The number of carbonyl (C=O) groups excluding carboxylic acids is 1. The number of aliphatic hydroxyl groups is 1. The van der Waals surface area contributed by atoms with Crippen LogP contribution in [0.5, 0.6) is 0 Å². The molecule has 1 atom stereocenters. The van der Waals surface area contributed by atoms with Crippen LogP contribution in [0.3, 0.4) is 0 Å². The predicted molar refractivity (Wildman–Crippen MR) is 62.5 cm³/mol. The monoisotopic (exact) mass is 242 g/mol. The normalized spacial score (nSPS) is 12.2. The van der Waals surface area contributed by atoms with Crippen molar-refractivity contribution in [2.45, 2.75) is 25.9 Å². The molecule has 1 aromatic heterocycles. The van der Waals surface area contributed by atoms with E-state index in [-0.39, 0.29) is 12.0 Å². The Labute approximate surface area is 99.6 Å². The highest BCUT2D eigenvalue weighted by atomic mass is 35.5. The van der Waals surface area contributed by atoms with Crippen molar-refractivity contribution in [3.63, 3.8) is 0 Å². The van der Waals surface area contributed by atoms with E-state index in [9.17, 15) is 4.79 Å².